The first-order chi connectivity index (χ1) is 18.8. The van der Waals surface area contributed by atoms with Crippen LogP contribution in [-0.2, 0) is 20.4 Å². The minimum Gasteiger partial charge on any atom is -0.490 e. The third-order valence-corrected chi connectivity index (χ3v) is 9.35. The molecule has 4 aromatic carbocycles. The molecule has 38 heavy (non-hydrogen) atoms. The van der Waals surface area contributed by atoms with Gasteiger partial charge < -0.3 is 9.47 Å². The van der Waals surface area contributed by atoms with Crippen molar-refractivity contribution in [3.05, 3.63) is 145 Å². The molecule has 2 aliphatic carbocycles. The number of ether oxygens (including phenoxy) is 2. The second-order valence-corrected chi connectivity index (χ2v) is 11.4. The quantitative estimate of drug-likeness (QED) is 0.139. The average Bonchev–Trinajstić information content (AvgIpc) is 3.32. The number of fused-ring (bicyclic) bond motifs is 3. The fourth-order valence-corrected chi connectivity index (χ4v) is 7.51. The molecule has 188 valence electrons. The fraction of sp³-hybridized carbons (Fsp3) is 0.147. The second-order valence-electron chi connectivity index (χ2n) is 9.40. The minimum atomic E-state index is -0.273. The summed E-state index contributed by atoms with van der Waals surface area (Å²) in [6.45, 7) is 0.529. The van der Waals surface area contributed by atoms with E-state index in [0.717, 1.165) is 11.3 Å². The molecule has 0 bridgehead atoms. The van der Waals surface area contributed by atoms with Crippen LogP contribution < -0.4 is 4.74 Å². The van der Waals surface area contributed by atoms with Crippen LogP contribution in [-0.4, -0.2) is 19.2 Å². The van der Waals surface area contributed by atoms with E-state index in [0.29, 0.717) is 6.61 Å². The Bertz CT molecular complexity index is 1400. The van der Waals surface area contributed by atoms with Gasteiger partial charge in [0.15, 0.2) is 14.7 Å². The van der Waals surface area contributed by atoms with E-state index in [1.54, 1.807) is 0 Å². The summed E-state index contributed by atoms with van der Waals surface area (Å²) in [5, 5.41) is 0. The van der Waals surface area contributed by atoms with Gasteiger partial charge >= 0.3 is 5.97 Å². The van der Waals surface area contributed by atoms with Crippen LogP contribution in [0.25, 0.3) is 0 Å². The number of carbonyl (C=O) groups excluding carboxylic acids is 1. The molecule has 0 N–H and O–H groups in total. The van der Waals surface area contributed by atoms with Gasteiger partial charge in [0.1, 0.15) is 19.0 Å². The van der Waals surface area contributed by atoms with E-state index in [2.05, 4.69) is 91.0 Å². The predicted octanol–water partition coefficient (Wildman–Crippen LogP) is 7.33. The Morgan fingerprint density at radius 1 is 0.632 bits per heavy atom. The molecule has 0 saturated heterocycles. The summed E-state index contributed by atoms with van der Waals surface area (Å²) in [5.74, 6) is 0.659. The van der Waals surface area contributed by atoms with E-state index < -0.39 is 0 Å². The van der Waals surface area contributed by atoms with E-state index in [9.17, 15) is 4.79 Å². The van der Waals surface area contributed by atoms with E-state index in [4.69, 9.17) is 9.47 Å². The molecule has 6 rings (SSSR count). The van der Waals surface area contributed by atoms with Crippen LogP contribution in [0, 0.1) is 5.92 Å². The average molecular weight is 518 g/mol. The van der Waals surface area contributed by atoms with E-state index in [1.165, 1.54) is 20.2 Å². The first-order valence-corrected chi connectivity index (χ1v) is 14.2. The summed E-state index contributed by atoms with van der Waals surface area (Å²) in [7, 11) is -0.195. The van der Waals surface area contributed by atoms with Gasteiger partial charge in [-0.05, 0) is 59.7 Å². The van der Waals surface area contributed by atoms with Crippen LogP contribution in [0.15, 0.2) is 148 Å². The Kier molecular flexibility index (Phi) is 7.14. The standard InChI is InChI=1S/C34H29O3S/c35-34(33-31-17-9-7-15-29(31)30-16-8-10-18-32(30)33)37-24-23-36-25-19-21-28(22-20-25)38(26-11-3-1-4-12-26)27-13-5-2-6-14-27/h1-22,29,31,33H,23-24H2/q+1. The number of esters is 1. The molecule has 0 heterocycles. The number of allylic oxidation sites excluding steroid dienone is 4. The summed E-state index contributed by atoms with van der Waals surface area (Å²) in [5.41, 5.74) is 2.30. The maximum Gasteiger partial charge on any atom is 0.314 e. The number of hydrogen-bond acceptors (Lipinski definition) is 3. The SMILES string of the molecule is O=C(OCCOc1ccc([S+](c2ccccc2)c2ccccc2)cc1)C1c2ccccc2C2C=CC=CC21. The zero-order valence-corrected chi connectivity index (χ0v) is 21.8. The number of benzene rings is 4. The molecular formula is C34H29O3S+. The Morgan fingerprint density at radius 3 is 1.89 bits per heavy atom. The number of rotatable bonds is 8. The maximum absolute atomic E-state index is 13.1. The van der Waals surface area contributed by atoms with Crippen LogP contribution in [0.1, 0.15) is 23.0 Å². The molecule has 0 aliphatic heterocycles. The van der Waals surface area contributed by atoms with Gasteiger partial charge in [0.25, 0.3) is 0 Å². The van der Waals surface area contributed by atoms with E-state index in [-0.39, 0.29) is 41.2 Å². The largest absolute Gasteiger partial charge is 0.490 e. The Hall–Kier alpha value is -4.02. The molecule has 0 spiro atoms. The molecule has 0 saturated carbocycles. The van der Waals surface area contributed by atoms with Gasteiger partial charge in [-0.15, -0.1) is 0 Å². The van der Waals surface area contributed by atoms with E-state index in [1.807, 2.05) is 42.5 Å². The minimum absolute atomic E-state index is 0.112. The molecule has 0 radical (unpaired) electrons. The molecule has 2 aliphatic rings. The van der Waals surface area contributed by atoms with Crippen molar-refractivity contribution in [3.63, 3.8) is 0 Å². The molecule has 3 nitrogen and oxygen atoms in total. The summed E-state index contributed by atoms with van der Waals surface area (Å²) < 4.78 is 11.7. The second kappa shape index (κ2) is 11.2. The van der Waals surface area contributed by atoms with Crippen molar-refractivity contribution in [1.29, 1.82) is 0 Å². The third kappa shape index (κ3) is 4.92. The molecule has 3 atom stereocenters. The lowest BCUT2D eigenvalue weighted by Gasteiger charge is -2.21. The van der Waals surface area contributed by atoms with Crippen molar-refractivity contribution in [3.8, 4) is 5.75 Å². The summed E-state index contributed by atoms with van der Waals surface area (Å²) in [4.78, 5) is 16.9. The predicted molar refractivity (Wildman–Crippen MR) is 152 cm³/mol. The van der Waals surface area contributed by atoms with Crippen molar-refractivity contribution in [2.24, 2.45) is 5.92 Å². The van der Waals surface area contributed by atoms with Crippen LogP contribution >= 0.6 is 0 Å². The molecule has 4 heteroatoms. The molecular weight excluding hydrogens is 488 g/mol. The third-order valence-electron chi connectivity index (χ3n) is 7.12. The van der Waals surface area contributed by atoms with Gasteiger partial charge in [-0.3, -0.25) is 4.79 Å². The lowest BCUT2D eigenvalue weighted by Crippen LogP contribution is -2.23. The van der Waals surface area contributed by atoms with Gasteiger partial charge in [-0.25, -0.2) is 0 Å². The maximum atomic E-state index is 13.1. The van der Waals surface area contributed by atoms with Crippen molar-refractivity contribution in [2.45, 2.75) is 26.5 Å². The Balaban J connectivity index is 1.08. The van der Waals surface area contributed by atoms with Crippen molar-refractivity contribution in [2.75, 3.05) is 13.2 Å². The summed E-state index contributed by atoms with van der Waals surface area (Å²) in [6.07, 6.45) is 8.41. The number of hydrogen-bond donors (Lipinski definition) is 0. The normalized spacial score (nSPS) is 19.1. The fourth-order valence-electron chi connectivity index (χ4n) is 5.43. The lowest BCUT2D eigenvalue weighted by molar-refractivity contribution is -0.147. The van der Waals surface area contributed by atoms with Crippen molar-refractivity contribution < 1.29 is 14.3 Å². The topological polar surface area (TPSA) is 35.5 Å². The summed E-state index contributed by atoms with van der Waals surface area (Å²) in [6, 6.07) is 37.6. The van der Waals surface area contributed by atoms with Gasteiger partial charge in [0.05, 0.1) is 16.8 Å². The molecule has 0 fully saturated rings. The first kappa shape index (κ1) is 24.3. The lowest BCUT2D eigenvalue weighted by atomic mass is 9.84. The van der Waals surface area contributed by atoms with Crippen LogP contribution in [0.5, 0.6) is 5.75 Å². The van der Waals surface area contributed by atoms with Crippen LogP contribution in [0.2, 0.25) is 0 Å². The molecule has 3 unspecified atom stereocenters. The van der Waals surface area contributed by atoms with Crippen LogP contribution in [0.3, 0.4) is 0 Å². The molecule has 4 aromatic rings. The van der Waals surface area contributed by atoms with Gasteiger partial charge in [0, 0.05) is 11.8 Å². The van der Waals surface area contributed by atoms with E-state index >= 15 is 0 Å². The molecule has 0 amide bonds. The zero-order chi connectivity index (χ0) is 25.7. The Labute approximate surface area is 226 Å². The van der Waals surface area contributed by atoms with Crippen molar-refractivity contribution in [1.82, 2.24) is 0 Å². The van der Waals surface area contributed by atoms with Gasteiger partial charge in [0.2, 0.25) is 0 Å². The smallest absolute Gasteiger partial charge is 0.314 e. The highest BCUT2D eigenvalue weighted by molar-refractivity contribution is 7.97. The first-order valence-electron chi connectivity index (χ1n) is 13.0. The van der Waals surface area contributed by atoms with Gasteiger partial charge in [-0.2, -0.15) is 0 Å². The highest BCUT2D eigenvalue weighted by atomic mass is 32.2. The zero-order valence-electron chi connectivity index (χ0n) is 21.0. The molecule has 0 aromatic heterocycles. The van der Waals surface area contributed by atoms with Crippen LogP contribution in [0.4, 0.5) is 0 Å². The monoisotopic (exact) mass is 517 g/mol. The Morgan fingerprint density at radius 2 is 1.21 bits per heavy atom. The highest BCUT2D eigenvalue weighted by Crippen LogP contribution is 2.49. The summed E-state index contributed by atoms with van der Waals surface area (Å²) >= 11 is 0. The number of carbonyl (C=O) groups is 1. The van der Waals surface area contributed by atoms with Gasteiger partial charge in [-0.1, -0.05) is 85.0 Å². The highest BCUT2D eigenvalue weighted by Gasteiger charge is 2.43. The van der Waals surface area contributed by atoms with Crippen molar-refractivity contribution >= 4 is 16.9 Å².